The van der Waals surface area contributed by atoms with E-state index in [2.05, 4.69) is 15.5 Å². The van der Waals surface area contributed by atoms with Gasteiger partial charge >= 0.3 is 0 Å². The van der Waals surface area contributed by atoms with E-state index in [0.717, 1.165) is 17.5 Å². The fourth-order valence-electron chi connectivity index (χ4n) is 1.75. The average Bonchev–Trinajstić information content (AvgIpc) is 2.66. The van der Waals surface area contributed by atoms with E-state index in [-0.39, 0.29) is 4.90 Å². The van der Waals surface area contributed by atoms with Crippen molar-refractivity contribution in [2.75, 3.05) is 11.6 Å². The first kappa shape index (κ1) is 13.5. The van der Waals surface area contributed by atoms with E-state index in [1.807, 2.05) is 13.8 Å². The first-order valence-electron chi connectivity index (χ1n) is 5.70. The topological polar surface area (TPSA) is 85.1 Å². The monoisotopic (exact) mass is 281 g/mol. The average molecular weight is 281 g/mol. The van der Waals surface area contributed by atoms with Gasteiger partial charge in [0, 0.05) is 24.6 Å². The fourth-order valence-corrected chi connectivity index (χ4v) is 2.55. The van der Waals surface area contributed by atoms with Crippen LogP contribution in [0.2, 0.25) is 0 Å². The highest BCUT2D eigenvalue weighted by Crippen LogP contribution is 2.20. The first-order chi connectivity index (χ1) is 8.89. The normalized spacial score (nSPS) is 11.5. The minimum absolute atomic E-state index is 0.182. The van der Waals surface area contributed by atoms with Crippen LogP contribution in [-0.2, 0) is 16.4 Å². The summed E-state index contributed by atoms with van der Waals surface area (Å²) in [6.45, 7) is 4.07. The smallest absolute Gasteiger partial charge is 0.179 e. The van der Waals surface area contributed by atoms with Gasteiger partial charge in [0.15, 0.2) is 9.84 Å². The van der Waals surface area contributed by atoms with Crippen molar-refractivity contribution in [1.82, 2.24) is 10.1 Å². The van der Waals surface area contributed by atoms with Crippen LogP contribution < -0.4 is 5.32 Å². The van der Waals surface area contributed by atoms with Crippen molar-refractivity contribution >= 4 is 15.7 Å². The third-order valence-corrected chi connectivity index (χ3v) is 3.91. The van der Waals surface area contributed by atoms with Crippen LogP contribution in [0.25, 0.3) is 0 Å². The van der Waals surface area contributed by atoms with Gasteiger partial charge in [0.2, 0.25) is 0 Å². The number of pyridine rings is 1. The maximum absolute atomic E-state index is 11.6. The Morgan fingerprint density at radius 3 is 2.68 bits per heavy atom. The van der Waals surface area contributed by atoms with Gasteiger partial charge < -0.3 is 9.84 Å². The lowest BCUT2D eigenvalue weighted by atomic mass is 10.2. The van der Waals surface area contributed by atoms with Crippen molar-refractivity contribution in [2.24, 2.45) is 0 Å². The van der Waals surface area contributed by atoms with Gasteiger partial charge in [0.1, 0.15) is 16.5 Å². The fraction of sp³-hybridized carbons (Fsp3) is 0.333. The maximum Gasteiger partial charge on any atom is 0.179 e. The van der Waals surface area contributed by atoms with Gasteiger partial charge in [0.25, 0.3) is 0 Å². The number of sulfone groups is 1. The molecule has 0 unspecified atom stereocenters. The second-order valence-electron chi connectivity index (χ2n) is 4.28. The van der Waals surface area contributed by atoms with Crippen molar-refractivity contribution in [3.63, 3.8) is 0 Å². The van der Waals surface area contributed by atoms with E-state index in [9.17, 15) is 8.42 Å². The summed E-state index contributed by atoms with van der Waals surface area (Å²) >= 11 is 0. The molecule has 0 atom stereocenters. The predicted octanol–water partition coefficient (Wildman–Crippen LogP) is 1.70. The van der Waals surface area contributed by atoms with E-state index < -0.39 is 9.84 Å². The molecule has 0 aliphatic heterocycles. The van der Waals surface area contributed by atoms with Crippen LogP contribution in [0.3, 0.4) is 0 Å². The molecule has 0 saturated carbocycles. The molecule has 2 aromatic heterocycles. The van der Waals surface area contributed by atoms with Crippen molar-refractivity contribution in [1.29, 1.82) is 0 Å². The summed E-state index contributed by atoms with van der Waals surface area (Å²) in [5.41, 5.74) is 1.69. The first-order valence-corrected chi connectivity index (χ1v) is 7.59. The highest BCUT2D eigenvalue weighted by atomic mass is 32.2. The molecule has 1 N–H and O–H groups in total. The second-order valence-corrected chi connectivity index (χ2v) is 6.26. The Morgan fingerprint density at radius 2 is 2.11 bits per heavy atom. The molecule has 102 valence electrons. The Kier molecular flexibility index (Phi) is 3.57. The maximum atomic E-state index is 11.6. The van der Waals surface area contributed by atoms with Gasteiger partial charge in [-0.2, -0.15) is 0 Å². The Labute approximate surface area is 111 Å². The third kappa shape index (κ3) is 2.93. The Balaban J connectivity index is 2.26. The number of rotatable bonds is 4. The van der Waals surface area contributed by atoms with Crippen molar-refractivity contribution in [3.8, 4) is 0 Å². The van der Waals surface area contributed by atoms with Gasteiger partial charge in [-0.1, -0.05) is 5.16 Å². The van der Waals surface area contributed by atoms with Crippen LogP contribution in [0.1, 0.15) is 17.0 Å². The molecule has 0 fully saturated rings. The van der Waals surface area contributed by atoms with Gasteiger partial charge in [-0.25, -0.2) is 13.4 Å². The van der Waals surface area contributed by atoms with Gasteiger partial charge in [0.05, 0.1) is 5.69 Å². The van der Waals surface area contributed by atoms with Crippen LogP contribution in [0.5, 0.6) is 0 Å². The minimum Gasteiger partial charge on any atom is -0.365 e. The van der Waals surface area contributed by atoms with Crippen LogP contribution in [0, 0.1) is 13.8 Å². The molecule has 0 aliphatic rings. The molecule has 6 nitrogen and oxygen atoms in total. The van der Waals surface area contributed by atoms with E-state index in [1.54, 1.807) is 12.3 Å². The second kappa shape index (κ2) is 5.00. The number of aryl methyl sites for hydroxylation is 2. The molecule has 0 aromatic carbocycles. The van der Waals surface area contributed by atoms with Gasteiger partial charge in [-0.15, -0.1) is 0 Å². The zero-order valence-electron chi connectivity index (χ0n) is 11.0. The predicted molar refractivity (Wildman–Crippen MR) is 70.7 cm³/mol. The molecule has 7 heteroatoms. The van der Waals surface area contributed by atoms with Crippen LogP contribution >= 0.6 is 0 Å². The van der Waals surface area contributed by atoms with E-state index in [1.165, 1.54) is 6.07 Å². The van der Waals surface area contributed by atoms with Gasteiger partial charge in [-0.05, 0) is 26.0 Å². The molecule has 2 rings (SSSR count). The number of nitrogens with zero attached hydrogens (tertiary/aromatic N) is 2. The molecular weight excluding hydrogens is 266 g/mol. The van der Waals surface area contributed by atoms with Gasteiger partial charge in [-0.3, -0.25) is 0 Å². The summed E-state index contributed by atoms with van der Waals surface area (Å²) in [4.78, 5) is 4.24. The Morgan fingerprint density at radius 1 is 1.37 bits per heavy atom. The molecule has 2 heterocycles. The molecule has 0 spiro atoms. The summed E-state index contributed by atoms with van der Waals surface area (Å²) in [5, 5.41) is 6.86. The van der Waals surface area contributed by atoms with Crippen LogP contribution in [0.4, 0.5) is 5.82 Å². The van der Waals surface area contributed by atoms with Crippen molar-refractivity contribution in [3.05, 3.63) is 35.3 Å². The number of hydrogen-bond acceptors (Lipinski definition) is 6. The SMILES string of the molecule is Cc1noc(C)c1CNc1ncccc1S(C)(=O)=O. The van der Waals surface area contributed by atoms with E-state index in [0.29, 0.717) is 18.1 Å². The third-order valence-electron chi connectivity index (χ3n) is 2.78. The quantitative estimate of drug-likeness (QED) is 0.918. The number of hydrogen-bond donors (Lipinski definition) is 1. The number of nitrogens with one attached hydrogen (secondary N) is 1. The summed E-state index contributed by atoms with van der Waals surface area (Å²) in [6, 6.07) is 3.12. The van der Waals surface area contributed by atoms with Crippen molar-refractivity contribution < 1.29 is 12.9 Å². The molecule has 0 radical (unpaired) electrons. The molecule has 0 bridgehead atoms. The summed E-state index contributed by atoms with van der Waals surface area (Å²) in [5.74, 6) is 1.05. The zero-order chi connectivity index (χ0) is 14.0. The lowest BCUT2D eigenvalue weighted by Gasteiger charge is -2.09. The number of anilines is 1. The highest BCUT2D eigenvalue weighted by molar-refractivity contribution is 7.90. The Bertz CT molecular complexity index is 672. The summed E-state index contributed by atoms with van der Waals surface area (Å²) in [6.07, 6.45) is 2.70. The van der Waals surface area contributed by atoms with Crippen LogP contribution in [-0.4, -0.2) is 24.8 Å². The molecule has 0 saturated heterocycles. The van der Waals surface area contributed by atoms with E-state index in [4.69, 9.17) is 4.52 Å². The largest absolute Gasteiger partial charge is 0.365 e. The minimum atomic E-state index is -3.31. The van der Waals surface area contributed by atoms with E-state index >= 15 is 0 Å². The molecule has 19 heavy (non-hydrogen) atoms. The summed E-state index contributed by atoms with van der Waals surface area (Å²) < 4.78 is 28.3. The summed E-state index contributed by atoms with van der Waals surface area (Å²) in [7, 11) is -3.31. The lowest BCUT2D eigenvalue weighted by molar-refractivity contribution is 0.392. The molecular formula is C12H15N3O3S. The van der Waals surface area contributed by atoms with Crippen LogP contribution in [0.15, 0.2) is 27.7 Å². The molecule has 2 aromatic rings. The zero-order valence-corrected chi connectivity index (χ0v) is 11.8. The molecule has 0 aliphatic carbocycles. The standard InChI is InChI=1S/C12H15N3O3S/c1-8-10(9(2)18-15-8)7-14-12-11(19(3,16)17)5-4-6-13-12/h4-6H,7H2,1-3H3,(H,13,14). The molecule has 0 amide bonds. The number of aromatic nitrogens is 2. The Hall–Kier alpha value is -1.89. The highest BCUT2D eigenvalue weighted by Gasteiger charge is 2.15. The van der Waals surface area contributed by atoms with Crippen molar-refractivity contribution in [2.45, 2.75) is 25.3 Å². The lowest BCUT2D eigenvalue weighted by Crippen LogP contribution is -2.08.